The predicted octanol–water partition coefficient (Wildman–Crippen LogP) is 3.45. The van der Waals surface area contributed by atoms with Crippen molar-refractivity contribution in [3.63, 3.8) is 0 Å². The molecule has 2 amide bonds. The lowest BCUT2D eigenvalue weighted by Crippen LogP contribution is -2.20. The summed E-state index contributed by atoms with van der Waals surface area (Å²) in [6, 6.07) is 17.5. The quantitative estimate of drug-likeness (QED) is 0.405. The summed E-state index contributed by atoms with van der Waals surface area (Å²) in [6.45, 7) is 0. The van der Waals surface area contributed by atoms with Crippen molar-refractivity contribution < 1.29 is 9.59 Å². The van der Waals surface area contributed by atoms with E-state index in [-0.39, 0.29) is 11.4 Å². The van der Waals surface area contributed by atoms with E-state index in [0.29, 0.717) is 11.3 Å². The highest BCUT2D eigenvalue weighted by Gasteiger charge is 2.14. The number of hydrogen-bond acceptors (Lipinski definition) is 5. The van der Waals surface area contributed by atoms with Crippen molar-refractivity contribution in [2.24, 2.45) is 10.8 Å². The van der Waals surface area contributed by atoms with Gasteiger partial charge < -0.3 is 11.1 Å². The number of aromatic nitrogens is 1. The first-order valence-electron chi connectivity index (χ1n) is 8.25. The van der Waals surface area contributed by atoms with Gasteiger partial charge in [0.25, 0.3) is 11.8 Å². The lowest BCUT2D eigenvalue weighted by molar-refractivity contribution is 0.0954. The average Bonchev–Trinajstić information content (AvgIpc) is 2.70. The molecule has 7 nitrogen and oxygen atoms in total. The van der Waals surface area contributed by atoms with Crippen molar-refractivity contribution in [1.29, 1.82) is 0 Å². The maximum Gasteiger partial charge on any atom is 0.275 e. The third kappa shape index (κ3) is 4.60. The monoisotopic (exact) mass is 437 g/mol. The first-order chi connectivity index (χ1) is 13.6. The number of amides is 2. The Hall–Kier alpha value is -3.52. The number of pyridine rings is 1. The molecule has 0 aliphatic carbocycles. The van der Waals surface area contributed by atoms with Crippen LogP contribution in [-0.2, 0) is 0 Å². The molecule has 0 saturated carbocycles. The Morgan fingerprint density at radius 1 is 1.00 bits per heavy atom. The summed E-state index contributed by atoms with van der Waals surface area (Å²) in [7, 11) is 0. The topological polar surface area (TPSA) is 109 Å². The molecule has 0 unspecified atom stereocenters. The first-order valence-corrected chi connectivity index (χ1v) is 9.04. The molecule has 3 aromatic rings. The number of hydrazone groups is 1. The van der Waals surface area contributed by atoms with Gasteiger partial charge in [-0.05, 0) is 30.3 Å². The second-order valence-electron chi connectivity index (χ2n) is 5.66. The van der Waals surface area contributed by atoms with Gasteiger partial charge in [0.1, 0.15) is 5.82 Å². The molecule has 0 aliphatic rings. The minimum atomic E-state index is -0.580. The lowest BCUT2D eigenvalue weighted by Gasteiger charge is -2.12. The fraction of sp³-hybridized carbons (Fsp3) is 0. The van der Waals surface area contributed by atoms with Gasteiger partial charge in [-0.25, -0.2) is 10.4 Å². The van der Waals surface area contributed by atoms with E-state index in [4.69, 9.17) is 5.73 Å². The largest absolute Gasteiger partial charge is 0.366 e. The normalized spacial score (nSPS) is 10.6. The standard InChI is InChI=1S/C20H16BrN5O2/c21-16-9-3-1-6-13(16)12-24-26-20(28)15-8-5-11-23-19(15)25-17-10-4-2-7-14(17)18(22)27/h1-12H,(H2,22,27)(H,23,25)(H,26,28)/b24-12+. The van der Waals surface area contributed by atoms with Gasteiger partial charge in [-0.3, -0.25) is 9.59 Å². The molecule has 0 bridgehead atoms. The third-order valence-corrected chi connectivity index (χ3v) is 4.50. The second-order valence-corrected chi connectivity index (χ2v) is 6.51. The van der Waals surface area contributed by atoms with Gasteiger partial charge >= 0.3 is 0 Å². The van der Waals surface area contributed by atoms with Crippen LogP contribution in [0.4, 0.5) is 11.5 Å². The van der Waals surface area contributed by atoms with E-state index >= 15 is 0 Å². The van der Waals surface area contributed by atoms with Crippen molar-refractivity contribution in [1.82, 2.24) is 10.4 Å². The molecule has 3 rings (SSSR count). The highest BCUT2D eigenvalue weighted by atomic mass is 79.9. The van der Waals surface area contributed by atoms with Crippen LogP contribution in [0.5, 0.6) is 0 Å². The van der Waals surface area contributed by atoms with Crippen LogP contribution in [-0.4, -0.2) is 23.0 Å². The van der Waals surface area contributed by atoms with Crippen LogP contribution in [0.15, 0.2) is 76.4 Å². The highest BCUT2D eigenvalue weighted by Crippen LogP contribution is 2.22. The number of primary amides is 1. The molecule has 0 radical (unpaired) electrons. The zero-order valence-corrected chi connectivity index (χ0v) is 16.2. The van der Waals surface area contributed by atoms with Crippen molar-refractivity contribution >= 4 is 45.5 Å². The van der Waals surface area contributed by atoms with E-state index in [1.807, 2.05) is 24.3 Å². The number of benzene rings is 2. The molecule has 1 heterocycles. The van der Waals surface area contributed by atoms with E-state index in [1.54, 1.807) is 36.4 Å². The van der Waals surface area contributed by atoms with Crippen molar-refractivity contribution in [3.05, 3.63) is 88.0 Å². The van der Waals surface area contributed by atoms with Gasteiger partial charge in [-0.2, -0.15) is 5.10 Å². The molecular formula is C20H16BrN5O2. The summed E-state index contributed by atoms with van der Waals surface area (Å²) in [5, 5.41) is 6.98. The number of para-hydroxylation sites is 1. The number of carbonyl (C=O) groups is 2. The fourth-order valence-corrected chi connectivity index (χ4v) is 2.81. The fourth-order valence-electron chi connectivity index (χ4n) is 2.42. The number of nitrogens with two attached hydrogens (primary N) is 1. The van der Waals surface area contributed by atoms with Crippen molar-refractivity contribution in [2.45, 2.75) is 0 Å². The molecule has 0 aliphatic heterocycles. The molecule has 8 heteroatoms. The molecule has 0 fully saturated rings. The van der Waals surface area contributed by atoms with Crippen LogP contribution in [0.3, 0.4) is 0 Å². The molecule has 28 heavy (non-hydrogen) atoms. The molecule has 1 aromatic heterocycles. The van der Waals surface area contributed by atoms with Crippen molar-refractivity contribution in [2.75, 3.05) is 5.32 Å². The zero-order valence-electron chi connectivity index (χ0n) is 14.6. The van der Waals surface area contributed by atoms with Crippen LogP contribution in [0.1, 0.15) is 26.3 Å². The van der Waals surface area contributed by atoms with E-state index in [0.717, 1.165) is 10.0 Å². The number of nitrogens with one attached hydrogen (secondary N) is 2. The minimum absolute atomic E-state index is 0.269. The number of carbonyl (C=O) groups excluding carboxylic acids is 2. The van der Waals surface area contributed by atoms with Crippen LogP contribution < -0.4 is 16.5 Å². The molecule has 2 aromatic carbocycles. The Morgan fingerprint density at radius 2 is 1.71 bits per heavy atom. The summed E-state index contributed by atoms with van der Waals surface area (Å²) in [4.78, 5) is 28.3. The second kappa shape index (κ2) is 8.92. The number of anilines is 2. The molecule has 4 N–H and O–H groups in total. The maximum atomic E-state index is 12.5. The van der Waals surface area contributed by atoms with Gasteiger partial charge in [0, 0.05) is 16.2 Å². The SMILES string of the molecule is NC(=O)c1ccccc1Nc1ncccc1C(=O)N/N=C/c1ccccc1Br. The van der Waals surface area contributed by atoms with E-state index in [2.05, 4.69) is 36.8 Å². The molecule has 0 atom stereocenters. The van der Waals surface area contributed by atoms with Gasteiger partial charge in [-0.15, -0.1) is 0 Å². The van der Waals surface area contributed by atoms with Crippen LogP contribution in [0.2, 0.25) is 0 Å². The van der Waals surface area contributed by atoms with E-state index in [9.17, 15) is 9.59 Å². The summed E-state index contributed by atoms with van der Waals surface area (Å²) >= 11 is 3.41. The van der Waals surface area contributed by atoms with Gasteiger partial charge in [0.05, 0.1) is 23.0 Å². The Kier molecular flexibility index (Phi) is 6.13. The molecular weight excluding hydrogens is 422 g/mol. The molecule has 0 saturated heterocycles. The maximum absolute atomic E-state index is 12.5. The summed E-state index contributed by atoms with van der Waals surface area (Å²) < 4.78 is 0.861. The Labute approximate surface area is 169 Å². The molecule has 140 valence electrons. The summed E-state index contributed by atoms with van der Waals surface area (Å²) in [6.07, 6.45) is 3.07. The number of rotatable bonds is 6. The number of hydrogen-bond donors (Lipinski definition) is 3. The Morgan fingerprint density at radius 3 is 2.50 bits per heavy atom. The highest BCUT2D eigenvalue weighted by molar-refractivity contribution is 9.10. The Bertz CT molecular complexity index is 1050. The van der Waals surface area contributed by atoms with E-state index in [1.165, 1.54) is 12.4 Å². The average molecular weight is 438 g/mol. The zero-order chi connectivity index (χ0) is 19.9. The predicted molar refractivity (Wildman–Crippen MR) is 112 cm³/mol. The minimum Gasteiger partial charge on any atom is -0.366 e. The number of nitrogens with zero attached hydrogens (tertiary/aromatic N) is 2. The van der Waals surface area contributed by atoms with Crippen LogP contribution >= 0.6 is 15.9 Å². The summed E-state index contributed by atoms with van der Waals surface area (Å²) in [5.41, 5.74) is 9.72. The van der Waals surface area contributed by atoms with Gasteiger partial charge in [-0.1, -0.05) is 46.3 Å². The van der Waals surface area contributed by atoms with Crippen molar-refractivity contribution in [3.8, 4) is 0 Å². The molecule has 0 spiro atoms. The van der Waals surface area contributed by atoms with Gasteiger partial charge in [0.2, 0.25) is 0 Å². The van der Waals surface area contributed by atoms with Crippen LogP contribution in [0.25, 0.3) is 0 Å². The summed E-state index contributed by atoms with van der Waals surface area (Å²) in [5.74, 6) is -0.747. The lowest BCUT2D eigenvalue weighted by atomic mass is 10.1. The Balaban J connectivity index is 1.80. The number of halogens is 1. The first kappa shape index (κ1) is 19.2. The third-order valence-electron chi connectivity index (χ3n) is 3.77. The van der Waals surface area contributed by atoms with Crippen LogP contribution in [0, 0.1) is 0 Å². The van der Waals surface area contributed by atoms with E-state index < -0.39 is 11.8 Å². The van der Waals surface area contributed by atoms with Gasteiger partial charge in [0.15, 0.2) is 0 Å². The smallest absolute Gasteiger partial charge is 0.275 e.